The zero-order valence-corrected chi connectivity index (χ0v) is 14.4. The highest BCUT2D eigenvalue weighted by molar-refractivity contribution is 9.10. The lowest BCUT2D eigenvalue weighted by Gasteiger charge is -2.29. The number of anilines is 1. The van der Waals surface area contributed by atoms with Crippen LogP contribution in [0.4, 0.5) is 10.1 Å². The van der Waals surface area contributed by atoms with Gasteiger partial charge in [-0.25, -0.2) is 4.39 Å². The van der Waals surface area contributed by atoms with Gasteiger partial charge >= 0.3 is 0 Å². The molecule has 0 saturated carbocycles. The van der Waals surface area contributed by atoms with Crippen LogP contribution in [-0.2, 0) is 6.67 Å². The number of aromatic nitrogens is 3. The molecule has 0 amide bonds. The predicted octanol–water partition coefficient (Wildman–Crippen LogP) is 4.37. The van der Waals surface area contributed by atoms with E-state index in [2.05, 4.69) is 35.6 Å². The molecule has 116 valence electrons. The van der Waals surface area contributed by atoms with Gasteiger partial charge < -0.3 is 4.90 Å². The van der Waals surface area contributed by atoms with Crippen molar-refractivity contribution in [2.24, 2.45) is 0 Å². The van der Waals surface area contributed by atoms with Crippen LogP contribution in [0, 0.1) is 5.82 Å². The molecule has 2 heterocycles. The molecule has 23 heavy (non-hydrogen) atoms. The molecule has 1 aliphatic heterocycles. The summed E-state index contributed by atoms with van der Waals surface area (Å²) in [6.07, 6.45) is 0. The monoisotopic (exact) mass is 390 g/mol. The van der Waals surface area contributed by atoms with E-state index in [1.54, 1.807) is 23.9 Å². The Morgan fingerprint density at radius 1 is 1.04 bits per heavy atom. The number of rotatable bonds is 2. The van der Waals surface area contributed by atoms with Crippen molar-refractivity contribution in [3.05, 3.63) is 58.8 Å². The summed E-state index contributed by atoms with van der Waals surface area (Å²) < 4.78 is 16.2. The van der Waals surface area contributed by atoms with Gasteiger partial charge in [0.05, 0.1) is 12.5 Å². The lowest BCUT2D eigenvalue weighted by atomic mass is 10.2. The summed E-state index contributed by atoms with van der Waals surface area (Å²) >= 11 is 5.19. The van der Waals surface area contributed by atoms with Crippen molar-refractivity contribution in [3.8, 4) is 11.4 Å². The van der Waals surface area contributed by atoms with Gasteiger partial charge in [-0.3, -0.25) is 4.57 Å². The third kappa shape index (κ3) is 2.74. The van der Waals surface area contributed by atoms with E-state index in [1.165, 1.54) is 12.1 Å². The number of nitrogens with zero attached hydrogens (tertiary/aromatic N) is 4. The fraction of sp³-hybridized carbons (Fsp3) is 0.125. The molecule has 4 rings (SSSR count). The summed E-state index contributed by atoms with van der Waals surface area (Å²) in [4.78, 5) is 2.17. The summed E-state index contributed by atoms with van der Waals surface area (Å²) in [6.45, 7) is 0.637. The van der Waals surface area contributed by atoms with E-state index in [4.69, 9.17) is 0 Å². The first-order chi connectivity index (χ1) is 11.2. The Bertz CT molecular complexity index is 850. The number of hydrogen-bond donors (Lipinski definition) is 0. The number of hydrogen-bond acceptors (Lipinski definition) is 4. The molecule has 0 N–H and O–H groups in total. The van der Waals surface area contributed by atoms with Crippen LogP contribution < -0.4 is 4.90 Å². The third-order valence-electron chi connectivity index (χ3n) is 3.68. The summed E-state index contributed by atoms with van der Waals surface area (Å²) in [7, 11) is 0. The van der Waals surface area contributed by atoms with E-state index in [-0.39, 0.29) is 5.82 Å². The maximum absolute atomic E-state index is 13.1. The minimum atomic E-state index is -0.225. The first-order valence-electron chi connectivity index (χ1n) is 7.04. The van der Waals surface area contributed by atoms with Crippen LogP contribution >= 0.6 is 27.7 Å². The Labute approximate surface area is 145 Å². The van der Waals surface area contributed by atoms with E-state index in [9.17, 15) is 4.39 Å². The fourth-order valence-corrected chi connectivity index (χ4v) is 3.88. The highest BCUT2D eigenvalue weighted by atomic mass is 79.9. The van der Waals surface area contributed by atoms with E-state index >= 15 is 0 Å². The van der Waals surface area contributed by atoms with Gasteiger partial charge in [0.25, 0.3) is 0 Å². The Balaban J connectivity index is 1.70. The van der Waals surface area contributed by atoms with E-state index in [0.29, 0.717) is 6.67 Å². The average Bonchev–Trinajstić information content (AvgIpc) is 2.99. The highest BCUT2D eigenvalue weighted by Crippen LogP contribution is 2.33. The standard InChI is InChI=1S/C16H12BrFN4S/c17-14-4-2-1-3-13(14)15-19-20-16-22(15)9-21(10-23-16)12-7-5-11(18)6-8-12/h1-8H,9-10H2. The molecule has 0 atom stereocenters. The molecule has 0 bridgehead atoms. The van der Waals surface area contributed by atoms with Crippen molar-refractivity contribution < 1.29 is 4.39 Å². The van der Waals surface area contributed by atoms with Crippen LogP contribution in [0.15, 0.2) is 58.2 Å². The first kappa shape index (κ1) is 14.7. The minimum Gasteiger partial charge on any atom is -0.344 e. The Morgan fingerprint density at radius 3 is 2.61 bits per heavy atom. The quantitative estimate of drug-likeness (QED) is 0.650. The van der Waals surface area contributed by atoms with Gasteiger partial charge in [0.15, 0.2) is 11.0 Å². The minimum absolute atomic E-state index is 0.225. The molecule has 3 aromatic rings. The first-order valence-corrected chi connectivity index (χ1v) is 8.81. The second-order valence-electron chi connectivity index (χ2n) is 5.15. The van der Waals surface area contributed by atoms with Crippen molar-refractivity contribution in [1.29, 1.82) is 0 Å². The highest BCUT2D eigenvalue weighted by Gasteiger charge is 2.23. The fourth-order valence-electron chi connectivity index (χ4n) is 2.52. The lowest BCUT2D eigenvalue weighted by molar-refractivity contribution is 0.605. The smallest absolute Gasteiger partial charge is 0.194 e. The SMILES string of the molecule is Fc1ccc(N2CSc3nnc(-c4ccccc4Br)n3C2)cc1. The largest absolute Gasteiger partial charge is 0.344 e. The van der Waals surface area contributed by atoms with E-state index < -0.39 is 0 Å². The zero-order chi connectivity index (χ0) is 15.8. The lowest BCUT2D eigenvalue weighted by Crippen LogP contribution is -2.30. The summed E-state index contributed by atoms with van der Waals surface area (Å²) in [5.74, 6) is 1.36. The number of fused-ring (bicyclic) bond motifs is 1. The molecule has 2 aromatic carbocycles. The normalized spacial score (nSPS) is 13.9. The van der Waals surface area contributed by atoms with Gasteiger partial charge in [-0.15, -0.1) is 10.2 Å². The second kappa shape index (κ2) is 5.98. The van der Waals surface area contributed by atoms with Gasteiger partial charge in [-0.1, -0.05) is 45.9 Å². The second-order valence-corrected chi connectivity index (χ2v) is 6.91. The van der Waals surface area contributed by atoms with Gasteiger partial charge in [0.2, 0.25) is 0 Å². The molecule has 0 saturated heterocycles. The number of halogens is 2. The number of thioether (sulfide) groups is 1. The zero-order valence-electron chi connectivity index (χ0n) is 12.0. The third-order valence-corrected chi connectivity index (χ3v) is 5.38. The van der Waals surface area contributed by atoms with Crippen molar-refractivity contribution in [3.63, 3.8) is 0 Å². The van der Waals surface area contributed by atoms with Crippen molar-refractivity contribution >= 4 is 33.4 Å². The van der Waals surface area contributed by atoms with Crippen LogP contribution in [0.3, 0.4) is 0 Å². The molecule has 1 aromatic heterocycles. The van der Waals surface area contributed by atoms with Gasteiger partial charge in [0, 0.05) is 15.7 Å². The Hall–Kier alpha value is -1.86. The van der Waals surface area contributed by atoms with Gasteiger partial charge in [-0.05, 0) is 30.3 Å². The summed E-state index contributed by atoms with van der Waals surface area (Å²) in [5, 5.41) is 9.53. The van der Waals surface area contributed by atoms with Crippen LogP contribution in [0.5, 0.6) is 0 Å². The molecular weight excluding hydrogens is 379 g/mol. The van der Waals surface area contributed by atoms with Crippen molar-refractivity contribution in [1.82, 2.24) is 14.8 Å². The topological polar surface area (TPSA) is 34.0 Å². The molecule has 1 aliphatic rings. The number of benzene rings is 2. The van der Waals surface area contributed by atoms with Crippen LogP contribution in [0.25, 0.3) is 11.4 Å². The summed E-state index contributed by atoms with van der Waals surface area (Å²) in [6, 6.07) is 14.5. The predicted molar refractivity (Wildman–Crippen MR) is 92.8 cm³/mol. The molecule has 0 unspecified atom stereocenters. The van der Waals surface area contributed by atoms with Gasteiger partial charge in [0.1, 0.15) is 5.82 Å². The molecule has 0 aliphatic carbocycles. The maximum atomic E-state index is 13.1. The molecule has 7 heteroatoms. The van der Waals surface area contributed by atoms with Crippen LogP contribution in [0.1, 0.15) is 0 Å². The average molecular weight is 391 g/mol. The maximum Gasteiger partial charge on any atom is 0.194 e. The molecule has 0 radical (unpaired) electrons. The van der Waals surface area contributed by atoms with Crippen molar-refractivity contribution in [2.75, 3.05) is 10.8 Å². The molecule has 0 spiro atoms. The Morgan fingerprint density at radius 2 is 1.83 bits per heavy atom. The van der Waals surface area contributed by atoms with Gasteiger partial charge in [-0.2, -0.15) is 0 Å². The van der Waals surface area contributed by atoms with Crippen molar-refractivity contribution in [2.45, 2.75) is 11.8 Å². The summed E-state index contributed by atoms with van der Waals surface area (Å²) in [5.41, 5.74) is 1.99. The van der Waals surface area contributed by atoms with E-state index in [0.717, 1.165) is 32.6 Å². The molecule has 0 fully saturated rings. The van der Waals surface area contributed by atoms with Crippen LogP contribution in [0.2, 0.25) is 0 Å². The van der Waals surface area contributed by atoms with E-state index in [1.807, 2.05) is 24.3 Å². The molecule has 4 nitrogen and oxygen atoms in total. The van der Waals surface area contributed by atoms with Crippen LogP contribution in [-0.4, -0.2) is 20.6 Å². The molecular formula is C16H12BrFN4S. The Kier molecular flexibility index (Phi) is 3.82.